The zero-order valence-electron chi connectivity index (χ0n) is 17.0. The molecule has 0 radical (unpaired) electrons. The fraction of sp³-hybridized carbons (Fsp3) is 0.500. The second-order valence-electron chi connectivity index (χ2n) is 7.37. The number of rotatable bonds is 6. The van der Waals surface area contributed by atoms with Gasteiger partial charge < -0.3 is 20.4 Å². The lowest BCUT2D eigenvalue weighted by molar-refractivity contribution is 0.0598. The van der Waals surface area contributed by atoms with Gasteiger partial charge in [0.15, 0.2) is 0 Å². The van der Waals surface area contributed by atoms with Crippen molar-refractivity contribution in [3.05, 3.63) is 40.0 Å². The highest BCUT2D eigenvalue weighted by molar-refractivity contribution is 6.00. The van der Waals surface area contributed by atoms with E-state index in [-0.39, 0.29) is 11.8 Å². The summed E-state index contributed by atoms with van der Waals surface area (Å²) in [4.78, 5) is 42.1. The van der Waals surface area contributed by atoms with E-state index < -0.39 is 11.9 Å². The van der Waals surface area contributed by atoms with Crippen LogP contribution in [-0.4, -0.2) is 58.1 Å². The number of aryl methyl sites for hydroxylation is 1. The molecule has 3 heterocycles. The van der Waals surface area contributed by atoms with Crippen molar-refractivity contribution in [2.24, 2.45) is 5.73 Å². The second kappa shape index (κ2) is 8.50. The number of carbonyl (C=O) groups excluding carboxylic acids is 3. The monoisotopic (exact) mass is 401 g/mol. The number of nitrogens with one attached hydrogen (secondary N) is 2. The average Bonchev–Trinajstić information content (AvgIpc) is 3.32. The van der Waals surface area contributed by atoms with Crippen LogP contribution in [0.4, 0.5) is 0 Å². The molecule has 0 aromatic carbocycles. The first-order valence-corrected chi connectivity index (χ1v) is 9.81. The molecule has 0 bridgehead atoms. The van der Waals surface area contributed by atoms with Gasteiger partial charge in [-0.1, -0.05) is 13.3 Å². The third-order valence-corrected chi connectivity index (χ3v) is 5.45. The van der Waals surface area contributed by atoms with Gasteiger partial charge in [0.25, 0.3) is 11.8 Å². The molecule has 0 aliphatic carbocycles. The quantitative estimate of drug-likeness (QED) is 0.636. The van der Waals surface area contributed by atoms with E-state index in [0.29, 0.717) is 53.3 Å². The number of ether oxygens (including phenoxy) is 1. The van der Waals surface area contributed by atoms with Gasteiger partial charge in [0.1, 0.15) is 5.69 Å². The van der Waals surface area contributed by atoms with Gasteiger partial charge in [-0.05, 0) is 31.7 Å². The molecule has 9 heteroatoms. The Morgan fingerprint density at radius 2 is 2.14 bits per heavy atom. The maximum Gasteiger partial charge on any atom is 0.339 e. The number of amides is 2. The molecule has 0 spiro atoms. The van der Waals surface area contributed by atoms with Gasteiger partial charge in [-0.25, -0.2) is 4.79 Å². The molecule has 1 atom stereocenters. The third-order valence-electron chi connectivity index (χ3n) is 5.45. The SMILES string of the molecule is CCCc1c(C(=O)N2CCC[C@H](c3[nH]ncc3C(N)=O)C2)[nH]c(C)c1C(=O)OC. The predicted octanol–water partition coefficient (Wildman–Crippen LogP) is 1.90. The number of methoxy groups -OCH3 is 1. The van der Waals surface area contributed by atoms with Crippen molar-refractivity contribution in [1.82, 2.24) is 20.1 Å². The summed E-state index contributed by atoms with van der Waals surface area (Å²) in [6.45, 7) is 4.81. The van der Waals surface area contributed by atoms with Crippen LogP contribution in [-0.2, 0) is 11.2 Å². The molecule has 2 aromatic heterocycles. The van der Waals surface area contributed by atoms with E-state index in [1.807, 2.05) is 6.92 Å². The number of primary amides is 1. The molecule has 0 saturated carbocycles. The first kappa shape index (κ1) is 20.6. The summed E-state index contributed by atoms with van der Waals surface area (Å²) >= 11 is 0. The van der Waals surface area contributed by atoms with Crippen LogP contribution < -0.4 is 5.73 Å². The summed E-state index contributed by atoms with van der Waals surface area (Å²) < 4.78 is 4.91. The zero-order valence-corrected chi connectivity index (χ0v) is 17.0. The van der Waals surface area contributed by atoms with Crippen molar-refractivity contribution in [3.8, 4) is 0 Å². The van der Waals surface area contributed by atoms with E-state index in [0.717, 1.165) is 19.3 Å². The molecule has 9 nitrogen and oxygen atoms in total. The molecule has 29 heavy (non-hydrogen) atoms. The normalized spacial score (nSPS) is 16.7. The number of carbonyl (C=O) groups is 3. The van der Waals surface area contributed by atoms with Crippen LogP contribution in [0.5, 0.6) is 0 Å². The Morgan fingerprint density at radius 3 is 2.79 bits per heavy atom. The van der Waals surface area contributed by atoms with Crippen LogP contribution in [0.25, 0.3) is 0 Å². The van der Waals surface area contributed by atoms with E-state index >= 15 is 0 Å². The van der Waals surface area contributed by atoms with Crippen LogP contribution in [0.1, 0.15) is 80.3 Å². The highest BCUT2D eigenvalue weighted by Crippen LogP contribution is 2.30. The van der Waals surface area contributed by atoms with Crippen LogP contribution in [0, 0.1) is 6.92 Å². The lowest BCUT2D eigenvalue weighted by atomic mass is 9.92. The molecule has 0 unspecified atom stereocenters. The molecular formula is C20H27N5O4. The minimum absolute atomic E-state index is 0.0524. The molecule has 4 N–H and O–H groups in total. The fourth-order valence-corrected chi connectivity index (χ4v) is 4.10. The first-order valence-electron chi connectivity index (χ1n) is 9.81. The minimum atomic E-state index is -0.537. The van der Waals surface area contributed by atoms with Gasteiger partial charge in [-0.3, -0.25) is 14.7 Å². The van der Waals surface area contributed by atoms with E-state index in [9.17, 15) is 14.4 Å². The number of H-pyrrole nitrogens is 2. The standard InChI is InChI=1S/C20H27N5O4/c1-4-6-13-15(20(28)29-3)11(2)23-17(13)19(27)25-8-5-7-12(10-25)16-14(18(21)26)9-22-24-16/h9,12,23H,4-8,10H2,1-3H3,(H2,21,26)(H,22,24)/t12-/m0/s1. The number of aromatic nitrogens is 3. The number of hydrogen-bond acceptors (Lipinski definition) is 5. The summed E-state index contributed by atoms with van der Waals surface area (Å²) in [7, 11) is 1.34. The van der Waals surface area contributed by atoms with Crippen molar-refractivity contribution < 1.29 is 19.1 Å². The highest BCUT2D eigenvalue weighted by atomic mass is 16.5. The number of piperidine rings is 1. The molecule has 2 amide bonds. The lowest BCUT2D eigenvalue weighted by Gasteiger charge is -2.32. The Balaban J connectivity index is 1.89. The summed E-state index contributed by atoms with van der Waals surface area (Å²) in [6, 6.07) is 0. The van der Waals surface area contributed by atoms with Gasteiger partial charge >= 0.3 is 5.97 Å². The lowest BCUT2D eigenvalue weighted by Crippen LogP contribution is -2.40. The first-order chi connectivity index (χ1) is 13.9. The van der Waals surface area contributed by atoms with E-state index in [2.05, 4.69) is 15.2 Å². The molecule has 156 valence electrons. The van der Waals surface area contributed by atoms with E-state index in [4.69, 9.17) is 10.5 Å². The van der Waals surface area contributed by atoms with Crippen molar-refractivity contribution in [3.63, 3.8) is 0 Å². The van der Waals surface area contributed by atoms with Gasteiger partial charge in [0.05, 0.1) is 30.1 Å². The average molecular weight is 401 g/mol. The molecule has 1 aliphatic rings. The number of esters is 1. The Hall–Kier alpha value is -3.10. The maximum atomic E-state index is 13.3. The molecule has 1 saturated heterocycles. The van der Waals surface area contributed by atoms with Crippen molar-refractivity contribution in [1.29, 1.82) is 0 Å². The van der Waals surface area contributed by atoms with Crippen molar-refractivity contribution >= 4 is 17.8 Å². The number of nitrogens with two attached hydrogens (primary N) is 1. The predicted molar refractivity (Wildman–Crippen MR) is 106 cm³/mol. The smallest absolute Gasteiger partial charge is 0.339 e. The topological polar surface area (TPSA) is 134 Å². The molecule has 1 fully saturated rings. The van der Waals surface area contributed by atoms with Crippen LogP contribution in [0.15, 0.2) is 6.20 Å². The number of likely N-dealkylation sites (tertiary alicyclic amines) is 1. The summed E-state index contributed by atoms with van der Waals surface area (Å²) in [5.41, 5.74) is 8.67. The van der Waals surface area contributed by atoms with E-state index in [1.165, 1.54) is 13.3 Å². The van der Waals surface area contributed by atoms with Crippen molar-refractivity contribution in [2.75, 3.05) is 20.2 Å². The summed E-state index contributed by atoms with van der Waals surface area (Å²) in [5, 5.41) is 6.81. The van der Waals surface area contributed by atoms with Crippen LogP contribution in [0.2, 0.25) is 0 Å². The van der Waals surface area contributed by atoms with Crippen LogP contribution in [0.3, 0.4) is 0 Å². The highest BCUT2D eigenvalue weighted by Gasteiger charge is 2.32. The Morgan fingerprint density at radius 1 is 1.38 bits per heavy atom. The minimum Gasteiger partial charge on any atom is -0.465 e. The number of aromatic amines is 2. The Labute approximate surface area is 169 Å². The van der Waals surface area contributed by atoms with Gasteiger partial charge in [0, 0.05) is 24.7 Å². The fourth-order valence-electron chi connectivity index (χ4n) is 4.10. The van der Waals surface area contributed by atoms with Crippen LogP contribution >= 0.6 is 0 Å². The van der Waals surface area contributed by atoms with Crippen molar-refractivity contribution in [2.45, 2.75) is 45.4 Å². The van der Waals surface area contributed by atoms with Gasteiger partial charge in [-0.2, -0.15) is 5.10 Å². The Kier molecular flexibility index (Phi) is 6.05. The molecule has 3 rings (SSSR count). The summed E-state index contributed by atoms with van der Waals surface area (Å²) in [6.07, 6.45) is 4.43. The number of hydrogen-bond donors (Lipinski definition) is 3. The Bertz CT molecular complexity index is 929. The molecular weight excluding hydrogens is 374 g/mol. The number of nitrogens with zero attached hydrogens (tertiary/aromatic N) is 2. The summed E-state index contributed by atoms with van der Waals surface area (Å²) in [5.74, 6) is -1.19. The third kappa shape index (κ3) is 3.90. The molecule has 1 aliphatic heterocycles. The molecule has 2 aromatic rings. The van der Waals surface area contributed by atoms with E-state index in [1.54, 1.807) is 11.8 Å². The van der Waals surface area contributed by atoms with Gasteiger partial charge in [0.2, 0.25) is 0 Å². The second-order valence-corrected chi connectivity index (χ2v) is 7.37. The van der Waals surface area contributed by atoms with Gasteiger partial charge in [-0.15, -0.1) is 0 Å². The largest absolute Gasteiger partial charge is 0.465 e. The zero-order chi connectivity index (χ0) is 21.1. The maximum absolute atomic E-state index is 13.3.